The fourth-order valence-corrected chi connectivity index (χ4v) is 4.87. The molecule has 1 heterocycles. The van der Waals surface area contributed by atoms with E-state index in [2.05, 4.69) is 142 Å². The third kappa shape index (κ3) is 3.16. The molecular weight excluding hydrogens is 454 g/mol. The minimum absolute atomic E-state index is 1.09. The van der Waals surface area contributed by atoms with E-state index in [1.165, 1.54) is 49.7 Å². The number of hydrogen-bond acceptors (Lipinski definition) is 0. The van der Waals surface area contributed by atoms with Crippen molar-refractivity contribution in [2.24, 2.45) is 0 Å². The normalized spacial score (nSPS) is 11.3. The molecule has 0 unspecified atom stereocenters. The third-order valence-corrected chi connectivity index (χ3v) is 6.60. The third-order valence-electron chi connectivity index (χ3n) is 6.08. The smallest absolute Gasteiger partial charge is 0.0541 e. The zero-order valence-electron chi connectivity index (χ0n) is 17.4. The summed E-state index contributed by atoms with van der Waals surface area (Å²) in [4.78, 5) is 0. The standard InChI is InChI=1S/C30H20BrN/c31-24-18-16-21(17-19-24)22-8-7-9-23(20-22)25-10-1-4-13-28(25)32-29-14-5-2-11-26(29)27-12-3-6-15-30(27)32/h1-20H. The minimum atomic E-state index is 1.09. The quantitative estimate of drug-likeness (QED) is 0.241. The molecule has 32 heavy (non-hydrogen) atoms. The van der Waals surface area contributed by atoms with Gasteiger partial charge in [0.1, 0.15) is 0 Å². The second-order valence-corrected chi connectivity index (χ2v) is 8.89. The molecule has 152 valence electrons. The molecular formula is C30H20BrN. The van der Waals surface area contributed by atoms with E-state index in [4.69, 9.17) is 0 Å². The van der Waals surface area contributed by atoms with Gasteiger partial charge in [-0.3, -0.25) is 0 Å². The maximum absolute atomic E-state index is 3.54. The largest absolute Gasteiger partial charge is 0.309 e. The van der Waals surface area contributed by atoms with Gasteiger partial charge in [-0.05, 0) is 53.1 Å². The molecule has 0 atom stereocenters. The summed E-state index contributed by atoms with van der Waals surface area (Å²) in [5, 5.41) is 2.56. The molecule has 0 saturated heterocycles. The van der Waals surface area contributed by atoms with Crippen LogP contribution in [0.25, 0.3) is 49.7 Å². The van der Waals surface area contributed by atoms with E-state index in [1.807, 2.05) is 0 Å². The van der Waals surface area contributed by atoms with Crippen molar-refractivity contribution in [3.8, 4) is 27.9 Å². The van der Waals surface area contributed by atoms with Gasteiger partial charge in [-0.15, -0.1) is 0 Å². The Morgan fingerprint density at radius 2 is 1.06 bits per heavy atom. The number of para-hydroxylation sites is 3. The molecule has 0 aliphatic rings. The zero-order valence-corrected chi connectivity index (χ0v) is 19.0. The number of rotatable bonds is 3. The summed E-state index contributed by atoms with van der Waals surface area (Å²) in [5.41, 5.74) is 8.51. The molecule has 0 fully saturated rings. The van der Waals surface area contributed by atoms with E-state index in [1.54, 1.807) is 0 Å². The van der Waals surface area contributed by atoms with Gasteiger partial charge >= 0.3 is 0 Å². The summed E-state index contributed by atoms with van der Waals surface area (Å²) in [7, 11) is 0. The van der Waals surface area contributed by atoms with Crippen LogP contribution in [0.3, 0.4) is 0 Å². The number of benzene rings is 5. The summed E-state index contributed by atoms with van der Waals surface area (Å²) in [5.74, 6) is 0. The predicted molar refractivity (Wildman–Crippen MR) is 139 cm³/mol. The van der Waals surface area contributed by atoms with Gasteiger partial charge in [0.25, 0.3) is 0 Å². The average molecular weight is 474 g/mol. The van der Waals surface area contributed by atoms with Gasteiger partial charge in [0.2, 0.25) is 0 Å². The van der Waals surface area contributed by atoms with Crippen molar-refractivity contribution in [1.29, 1.82) is 0 Å². The molecule has 1 aromatic heterocycles. The number of halogens is 1. The maximum Gasteiger partial charge on any atom is 0.0541 e. The van der Waals surface area contributed by atoms with Crippen molar-refractivity contribution < 1.29 is 0 Å². The van der Waals surface area contributed by atoms with E-state index in [0.29, 0.717) is 0 Å². The van der Waals surface area contributed by atoms with Gasteiger partial charge in [0.05, 0.1) is 16.7 Å². The lowest BCUT2D eigenvalue weighted by molar-refractivity contribution is 1.18. The molecule has 6 rings (SSSR count). The second-order valence-electron chi connectivity index (χ2n) is 7.97. The molecule has 0 amide bonds. The van der Waals surface area contributed by atoms with Gasteiger partial charge in [-0.25, -0.2) is 0 Å². The van der Waals surface area contributed by atoms with Crippen molar-refractivity contribution in [3.05, 3.63) is 126 Å². The van der Waals surface area contributed by atoms with Gasteiger partial charge in [0, 0.05) is 20.8 Å². The SMILES string of the molecule is Brc1ccc(-c2cccc(-c3ccccc3-n3c4ccccc4c4ccccc43)c2)cc1. The summed E-state index contributed by atoms with van der Waals surface area (Å²) in [6, 6.07) is 43.3. The molecule has 0 aliphatic carbocycles. The predicted octanol–water partition coefficient (Wildman–Crippen LogP) is 8.88. The van der Waals surface area contributed by atoms with Crippen molar-refractivity contribution in [2.45, 2.75) is 0 Å². The Hall–Kier alpha value is -3.62. The van der Waals surface area contributed by atoms with E-state index >= 15 is 0 Å². The van der Waals surface area contributed by atoms with Gasteiger partial charge < -0.3 is 4.57 Å². The maximum atomic E-state index is 3.54. The molecule has 0 aliphatic heterocycles. The van der Waals surface area contributed by atoms with Gasteiger partial charge in [-0.1, -0.05) is 101 Å². The molecule has 2 heteroatoms. The van der Waals surface area contributed by atoms with Crippen LogP contribution in [0.5, 0.6) is 0 Å². The van der Waals surface area contributed by atoms with Crippen LogP contribution < -0.4 is 0 Å². The second kappa shape index (κ2) is 7.81. The van der Waals surface area contributed by atoms with Crippen molar-refractivity contribution in [3.63, 3.8) is 0 Å². The highest BCUT2D eigenvalue weighted by atomic mass is 79.9. The molecule has 0 bridgehead atoms. The molecule has 5 aromatic carbocycles. The highest BCUT2D eigenvalue weighted by molar-refractivity contribution is 9.10. The first kappa shape index (κ1) is 19.1. The first-order valence-electron chi connectivity index (χ1n) is 10.7. The Balaban J connectivity index is 1.59. The lowest BCUT2D eigenvalue weighted by atomic mass is 9.98. The summed E-state index contributed by atoms with van der Waals surface area (Å²) in [6.07, 6.45) is 0. The molecule has 0 saturated carbocycles. The van der Waals surface area contributed by atoms with E-state index in [9.17, 15) is 0 Å². The van der Waals surface area contributed by atoms with Crippen LogP contribution in [-0.4, -0.2) is 4.57 Å². The lowest BCUT2D eigenvalue weighted by Gasteiger charge is -2.15. The minimum Gasteiger partial charge on any atom is -0.309 e. The number of fused-ring (bicyclic) bond motifs is 3. The summed E-state index contributed by atoms with van der Waals surface area (Å²) >= 11 is 3.54. The zero-order chi connectivity index (χ0) is 21.5. The molecule has 0 spiro atoms. The topological polar surface area (TPSA) is 4.93 Å². The van der Waals surface area contributed by atoms with Crippen LogP contribution in [-0.2, 0) is 0 Å². The first-order chi connectivity index (χ1) is 15.8. The van der Waals surface area contributed by atoms with E-state index in [0.717, 1.165) is 4.47 Å². The molecule has 1 nitrogen and oxygen atoms in total. The van der Waals surface area contributed by atoms with Gasteiger partial charge in [0.15, 0.2) is 0 Å². The van der Waals surface area contributed by atoms with E-state index in [-0.39, 0.29) is 0 Å². The summed E-state index contributed by atoms with van der Waals surface area (Å²) in [6.45, 7) is 0. The Labute approximate surface area is 195 Å². The van der Waals surface area contributed by atoms with Crippen LogP contribution >= 0.6 is 15.9 Å². The Morgan fingerprint density at radius 3 is 1.78 bits per heavy atom. The molecule has 6 aromatic rings. The van der Waals surface area contributed by atoms with Crippen LogP contribution in [0, 0.1) is 0 Å². The molecule has 0 radical (unpaired) electrons. The fourth-order valence-electron chi connectivity index (χ4n) is 4.60. The van der Waals surface area contributed by atoms with Crippen LogP contribution in [0.1, 0.15) is 0 Å². The van der Waals surface area contributed by atoms with Crippen LogP contribution in [0.4, 0.5) is 0 Å². The van der Waals surface area contributed by atoms with Crippen molar-refractivity contribution in [2.75, 3.05) is 0 Å². The fraction of sp³-hybridized carbons (Fsp3) is 0. The summed E-state index contributed by atoms with van der Waals surface area (Å²) < 4.78 is 3.49. The first-order valence-corrected chi connectivity index (χ1v) is 11.5. The highest BCUT2D eigenvalue weighted by Gasteiger charge is 2.15. The number of nitrogens with zero attached hydrogens (tertiary/aromatic N) is 1. The number of hydrogen-bond donors (Lipinski definition) is 0. The van der Waals surface area contributed by atoms with Gasteiger partial charge in [-0.2, -0.15) is 0 Å². The van der Waals surface area contributed by atoms with E-state index < -0.39 is 0 Å². The lowest BCUT2D eigenvalue weighted by Crippen LogP contribution is -1.97. The van der Waals surface area contributed by atoms with Crippen LogP contribution in [0.2, 0.25) is 0 Å². The average Bonchev–Trinajstić information content (AvgIpc) is 3.19. The Kier molecular flexibility index (Phi) is 4.66. The van der Waals surface area contributed by atoms with Crippen molar-refractivity contribution >= 4 is 37.7 Å². The molecule has 0 N–H and O–H groups in total. The monoisotopic (exact) mass is 473 g/mol. The highest BCUT2D eigenvalue weighted by Crippen LogP contribution is 2.36. The Morgan fingerprint density at radius 1 is 0.469 bits per heavy atom. The van der Waals surface area contributed by atoms with Crippen LogP contribution in [0.15, 0.2) is 126 Å². The number of aromatic nitrogens is 1. The van der Waals surface area contributed by atoms with Crippen molar-refractivity contribution in [1.82, 2.24) is 4.57 Å². The Bertz CT molecular complexity index is 1520.